The van der Waals surface area contributed by atoms with Gasteiger partial charge >= 0.3 is 5.97 Å². The highest BCUT2D eigenvalue weighted by Crippen LogP contribution is 2.16. The minimum Gasteiger partial charge on any atom is -0.489 e. The molecule has 2 N–H and O–H groups in total. The fourth-order valence-corrected chi connectivity index (χ4v) is 3.94. The van der Waals surface area contributed by atoms with Crippen molar-refractivity contribution in [1.29, 1.82) is 0 Å². The molecule has 1 atom stereocenters. The van der Waals surface area contributed by atoms with E-state index in [4.69, 9.17) is 4.74 Å². The van der Waals surface area contributed by atoms with E-state index in [-0.39, 0.29) is 11.3 Å². The van der Waals surface area contributed by atoms with Crippen molar-refractivity contribution in [3.8, 4) is 5.75 Å². The van der Waals surface area contributed by atoms with Crippen molar-refractivity contribution < 1.29 is 23.1 Å². The summed E-state index contributed by atoms with van der Waals surface area (Å²) in [6, 6.07) is 23.1. The second-order valence-electron chi connectivity index (χ2n) is 6.45. The molecular weight excluding hydrogens is 390 g/mol. The first-order valence-electron chi connectivity index (χ1n) is 9.00. The maximum absolute atomic E-state index is 12.4. The van der Waals surface area contributed by atoms with Crippen LogP contribution >= 0.6 is 0 Å². The van der Waals surface area contributed by atoms with E-state index >= 15 is 0 Å². The minimum absolute atomic E-state index is 0.0142. The number of carboxylic acid groups (broad SMARTS) is 1. The number of hydrogen-bond acceptors (Lipinski definition) is 4. The molecule has 7 heteroatoms. The van der Waals surface area contributed by atoms with E-state index in [1.165, 1.54) is 12.1 Å². The monoisotopic (exact) mass is 411 g/mol. The summed E-state index contributed by atoms with van der Waals surface area (Å²) in [5.41, 5.74) is 1.72. The van der Waals surface area contributed by atoms with E-state index in [2.05, 4.69) is 4.72 Å². The molecule has 0 bridgehead atoms. The number of hydrogen-bond donors (Lipinski definition) is 2. The van der Waals surface area contributed by atoms with Crippen LogP contribution in [0.3, 0.4) is 0 Å². The Morgan fingerprint density at radius 1 is 0.862 bits per heavy atom. The zero-order valence-electron chi connectivity index (χ0n) is 15.6. The van der Waals surface area contributed by atoms with Gasteiger partial charge in [-0.15, -0.1) is 0 Å². The maximum Gasteiger partial charge on any atom is 0.322 e. The van der Waals surface area contributed by atoms with Crippen LogP contribution in [0.15, 0.2) is 89.8 Å². The number of aliphatic carboxylic acids is 1. The summed E-state index contributed by atoms with van der Waals surface area (Å²) in [7, 11) is -3.93. The van der Waals surface area contributed by atoms with Crippen molar-refractivity contribution in [3.05, 3.63) is 96.1 Å². The third-order valence-corrected chi connectivity index (χ3v) is 5.75. The van der Waals surface area contributed by atoms with E-state index in [0.717, 1.165) is 5.56 Å². The molecule has 0 aliphatic rings. The fourth-order valence-electron chi connectivity index (χ4n) is 2.73. The zero-order valence-corrected chi connectivity index (χ0v) is 16.4. The predicted octanol–water partition coefficient (Wildman–Crippen LogP) is 3.24. The first-order valence-corrected chi connectivity index (χ1v) is 10.5. The Kier molecular flexibility index (Phi) is 6.64. The Balaban J connectivity index is 1.64. The summed E-state index contributed by atoms with van der Waals surface area (Å²) >= 11 is 0. The number of nitrogens with one attached hydrogen (secondary N) is 1. The molecule has 0 aliphatic heterocycles. The topological polar surface area (TPSA) is 92.7 Å². The minimum atomic E-state index is -3.93. The molecule has 0 spiro atoms. The third kappa shape index (κ3) is 5.91. The van der Waals surface area contributed by atoms with Gasteiger partial charge in [0, 0.05) is 0 Å². The molecule has 3 rings (SSSR count). The molecule has 0 heterocycles. The van der Waals surface area contributed by atoms with E-state index in [0.29, 0.717) is 17.9 Å². The summed E-state index contributed by atoms with van der Waals surface area (Å²) < 4.78 is 32.8. The Bertz CT molecular complexity index is 1040. The van der Waals surface area contributed by atoms with E-state index < -0.39 is 22.0 Å². The van der Waals surface area contributed by atoms with Gasteiger partial charge in [0.15, 0.2) is 0 Å². The lowest BCUT2D eigenvalue weighted by atomic mass is 10.1. The molecule has 0 saturated carbocycles. The average Bonchev–Trinajstić information content (AvgIpc) is 2.74. The predicted molar refractivity (Wildman–Crippen MR) is 109 cm³/mol. The molecule has 0 amide bonds. The molecule has 29 heavy (non-hydrogen) atoms. The van der Waals surface area contributed by atoms with Gasteiger partial charge in [0.25, 0.3) is 0 Å². The summed E-state index contributed by atoms with van der Waals surface area (Å²) in [4.78, 5) is 11.6. The molecule has 3 aromatic carbocycles. The van der Waals surface area contributed by atoms with Crippen LogP contribution in [-0.4, -0.2) is 25.5 Å². The smallest absolute Gasteiger partial charge is 0.322 e. The average molecular weight is 411 g/mol. The van der Waals surface area contributed by atoms with Crippen LogP contribution in [0.4, 0.5) is 0 Å². The Hall–Kier alpha value is -3.16. The van der Waals surface area contributed by atoms with Gasteiger partial charge in [0.05, 0.1) is 4.90 Å². The van der Waals surface area contributed by atoms with Gasteiger partial charge in [0.1, 0.15) is 18.4 Å². The quantitative estimate of drug-likeness (QED) is 0.564. The highest BCUT2D eigenvalue weighted by molar-refractivity contribution is 7.89. The highest BCUT2D eigenvalue weighted by Gasteiger charge is 2.25. The fraction of sp³-hybridized carbons (Fsp3) is 0.136. The Morgan fingerprint density at radius 2 is 1.45 bits per heavy atom. The molecule has 0 aromatic heterocycles. The molecule has 150 valence electrons. The molecule has 0 radical (unpaired) electrons. The van der Waals surface area contributed by atoms with E-state index in [9.17, 15) is 18.3 Å². The van der Waals surface area contributed by atoms with Gasteiger partial charge in [-0.1, -0.05) is 60.7 Å². The summed E-state index contributed by atoms with van der Waals surface area (Å²) in [5, 5.41) is 9.46. The lowest BCUT2D eigenvalue weighted by molar-refractivity contribution is -0.138. The van der Waals surface area contributed by atoms with Crippen LogP contribution in [0.25, 0.3) is 0 Å². The summed E-state index contributed by atoms with van der Waals surface area (Å²) in [6.07, 6.45) is 0.0142. The van der Waals surface area contributed by atoms with E-state index in [1.54, 1.807) is 42.5 Å². The van der Waals surface area contributed by atoms with Crippen LogP contribution in [0.2, 0.25) is 0 Å². The Labute approximate surface area is 169 Å². The molecule has 0 aliphatic carbocycles. The van der Waals surface area contributed by atoms with Gasteiger partial charge in [-0.25, -0.2) is 8.42 Å². The SMILES string of the molecule is O=C(O)[C@@H](Cc1ccc(OCc2ccccc2)cc1)NS(=O)(=O)c1ccccc1. The van der Waals surface area contributed by atoms with Crippen molar-refractivity contribution in [1.82, 2.24) is 4.72 Å². The van der Waals surface area contributed by atoms with Gasteiger partial charge in [0.2, 0.25) is 10.0 Å². The third-order valence-electron chi connectivity index (χ3n) is 4.26. The molecule has 0 saturated heterocycles. The Morgan fingerprint density at radius 3 is 2.03 bits per heavy atom. The van der Waals surface area contributed by atoms with Crippen molar-refractivity contribution in [2.45, 2.75) is 24.0 Å². The van der Waals surface area contributed by atoms with Crippen LogP contribution in [0, 0.1) is 0 Å². The lowest BCUT2D eigenvalue weighted by Gasteiger charge is -2.15. The van der Waals surface area contributed by atoms with Gasteiger partial charge in [-0.2, -0.15) is 4.72 Å². The first-order chi connectivity index (χ1) is 13.9. The highest BCUT2D eigenvalue weighted by atomic mass is 32.2. The van der Waals surface area contributed by atoms with E-state index in [1.807, 2.05) is 30.3 Å². The number of sulfonamides is 1. The normalized spacial score (nSPS) is 12.3. The number of carboxylic acids is 1. The van der Waals surface area contributed by atoms with Crippen LogP contribution in [-0.2, 0) is 27.8 Å². The van der Waals surface area contributed by atoms with Crippen LogP contribution < -0.4 is 9.46 Å². The zero-order chi connectivity index (χ0) is 20.7. The lowest BCUT2D eigenvalue weighted by Crippen LogP contribution is -2.42. The van der Waals surface area contributed by atoms with Crippen molar-refractivity contribution in [3.63, 3.8) is 0 Å². The standard InChI is InChI=1S/C22H21NO5S/c24-22(25)21(23-29(26,27)20-9-5-2-6-10-20)15-17-11-13-19(14-12-17)28-16-18-7-3-1-4-8-18/h1-14,21,23H,15-16H2,(H,24,25)/t21-/m1/s1. The van der Waals surface area contributed by atoms with Crippen molar-refractivity contribution in [2.24, 2.45) is 0 Å². The van der Waals surface area contributed by atoms with Crippen LogP contribution in [0.1, 0.15) is 11.1 Å². The summed E-state index contributed by atoms with van der Waals surface area (Å²) in [5.74, 6) is -0.594. The number of ether oxygens (including phenoxy) is 1. The number of rotatable bonds is 9. The number of carbonyl (C=O) groups is 1. The second kappa shape index (κ2) is 9.36. The first kappa shape index (κ1) is 20.6. The van der Waals surface area contributed by atoms with Gasteiger partial charge < -0.3 is 9.84 Å². The second-order valence-corrected chi connectivity index (χ2v) is 8.16. The van der Waals surface area contributed by atoms with Crippen molar-refractivity contribution in [2.75, 3.05) is 0 Å². The molecule has 3 aromatic rings. The molecular formula is C22H21NO5S. The molecule has 0 fully saturated rings. The number of benzene rings is 3. The van der Waals surface area contributed by atoms with Crippen molar-refractivity contribution >= 4 is 16.0 Å². The largest absolute Gasteiger partial charge is 0.489 e. The molecule has 6 nitrogen and oxygen atoms in total. The van der Waals surface area contributed by atoms with Crippen LogP contribution in [0.5, 0.6) is 5.75 Å². The van der Waals surface area contributed by atoms with Gasteiger partial charge in [-0.3, -0.25) is 4.79 Å². The maximum atomic E-state index is 12.4. The molecule has 0 unspecified atom stereocenters. The van der Waals surface area contributed by atoms with Gasteiger partial charge in [-0.05, 0) is 41.8 Å². The summed E-state index contributed by atoms with van der Waals surface area (Å²) in [6.45, 7) is 0.425.